The zero-order valence-corrected chi connectivity index (χ0v) is 22.8. The van der Waals surface area contributed by atoms with E-state index in [9.17, 15) is 9.59 Å². The predicted molar refractivity (Wildman–Crippen MR) is 147 cm³/mol. The largest absolute Gasteiger partial charge is 0.488 e. The second kappa shape index (κ2) is 11.2. The number of nitrogens with zero attached hydrogens (tertiary/aromatic N) is 3. The van der Waals surface area contributed by atoms with Crippen molar-refractivity contribution >= 4 is 54.9 Å². The molecule has 0 aliphatic carbocycles. The molecule has 184 valence electrons. The van der Waals surface area contributed by atoms with Crippen molar-refractivity contribution in [3.05, 3.63) is 102 Å². The summed E-state index contributed by atoms with van der Waals surface area (Å²) in [6.07, 6.45) is 2.39. The minimum atomic E-state index is -0.976. The molecule has 0 bridgehead atoms. The van der Waals surface area contributed by atoms with Crippen molar-refractivity contribution in [1.82, 2.24) is 9.66 Å². The number of hydrogen-bond donors (Lipinski definition) is 1. The van der Waals surface area contributed by atoms with E-state index >= 15 is 0 Å². The van der Waals surface area contributed by atoms with Gasteiger partial charge in [-0.3, -0.25) is 4.79 Å². The molecule has 4 aromatic rings. The van der Waals surface area contributed by atoms with Crippen LogP contribution in [0.3, 0.4) is 0 Å². The van der Waals surface area contributed by atoms with Crippen LogP contribution in [0.4, 0.5) is 0 Å². The summed E-state index contributed by atoms with van der Waals surface area (Å²) >= 11 is 6.91. The maximum absolute atomic E-state index is 13.4. The Balaban J connectivity index is 1.69. The summed E-state index contributed by atoms with van der Waals surface area (Å²) in [5.74, 6) is 0.203. The highest BCUT2D eigenvalue weighted by molar-refractivity contribution is 9.10. The number of halogens is 2. The smallest absolute Gasteiger partial charge is 0.335 e. The van der Waals surface area contributed by atoms with E-state index in [1.54, 1.807) is 36.5 Å². The number of carboxylic acid groups (broad SMARTS) is 1. The van der Waals surface area contributed by atoms with Gasteiger partial charge in [0.05, 0.1) is 22.7 Å². The zero-order valence-electron chi connectivity index (χ0n) is 19.6. The first-order chi connectivity index (χ1) is 17.3. The molecule has 4 rings (SSSR count). The summed E-state index contributed by atoms with van der Waals surface area (Å²) in [6, 6.07) is 17.5. The average Bonchev–Trinajstić information content (AvgIpc) is 2.87. The minimum absolute atomic E-state index is 0.0231. The molecule has 0 amide bonds. The number of benzene rings is 3. The third-order valence-corrected chi connectivity index (χ3v) is 6.75. The van der Waals surface area contributed by atoms with Gasteiger partial charge in [-0.1, -0.05) is 57.8 Å². The molecule has 0 saturated heterocycles. The lowest BCUT2D eigenvalue weighted by atomic mass is 10.1. The van der Waals surface area contributed by atoms with Gasteiger partial charge >= 0.3 is 5.97 Å². The molecule has 0 aliphatic rings. The van der Waals surface area contributed by atoms with Crippen LogP contribution in [-0.4, -0.2) is 27.0 Å². The summed E-state index contributed by atoms with van der Waals surface area (Å²) in [5.41, 5.74) is 2.09. The van der Waals surface area contributed by atoms with E-state index in [0.29, 0.717) is 28.0 Å². The van der Waals surface area contributed by atoms with Crippen molar-refractivity contribution in [3.63, 3.8) is 0 Å². The molecule has 9 heteroatoms. The molecule has 36 heavy (non-hydrogen) atoms. The highest BCUT2D eigenvalue weighted by atomic mass is 79.9. The highest BCUT2D eigenvalue weighted by Crippen LogP contribution is 2.24. The normalized spacial score (nSPS) is 12.2. The van der Waals surface area contributed by atoms with Crippen LogP contribution in [0.2, 0.25) is 0 Å². The topological polar surface area (TPSA) is 93.8 Å². The van der Waals surface area contributed by atoms with Crippen LogP contribution in [0.1, 0.15) is 53.5 Å². The predicted octanol–water partition coefficient (Wildman–Crippen LogP) is 6.59. The maximum atomic E-state index is 13.4. The fraction of sp³-hybridized carbons (Fsp3) is 0.185. The molecule has 0 saturated carbocycles. The molecule has 1 heterocycles. The Morgan fingerprint density at radius 3 is 2.50 bits per heavy atom. The van der Waals surface area contributed by atoms with Gasteiger partial charge in [0.15, 0.2) is 0 Å². The van der Waals surface area contributed by atoms with Gasteiger partial charge in [0.2, 0.25) is 0 Å². The van der Waals surface area contributed by atoms with Crippen LogP contribution in [0.15, 0.2) is 79.5 Å². The number of rotatable bonds is 8. The van der Waals surface area contributed by atoms with Crippen molar-refractivity contribution < 1.29 is 14.6 Å². The van der Waals surface area contributed by atoms with Gasteiger partial charge in [-0.2, -0.15) is 9.78 Å². The molecular weight excluding hydrogens is 590 g/mol. The van der Waals surface area contributed by atoms with E-state index < -0.39 is 5.97 Å². The lowest BCUT2D eigenvalue weighted by Gasteiger charge is -2.14. The van der Waals surface area contributed by atoms with Crippen LogP contribution >= 0.6 is 31.9 Å². The van der Waals surface area contributed by atoms with E-state index in [1.165, 1.54) is 4.68 Å². The third kappa shape index (κ3) is 5.74. The Labute approximate surface area is 224 Å². The molecule has 1 N–H and O–H groups in total. The quantitative estimate of drug-likeness (QED) is 0.226. The fourth-order valence-electron chi connectivity index (χ4n) is 3.56. The summed E-state index contributed by atoms with van der Waals surface area (Å²) in [6.45, 7) is 4.30. The molecule has 0 unspecified atom stereocenters. The summed E-state index contributed by atoms with van der Waals surface area (Å²) in [7, 11) is 0. The lowest BCUT2D eigenvalue weighted by Crippen LogP contribution is -2.23. The molecule has 0 aliphatic heterocycles. The highest BCUT2D eigenvalue weighted by Gasteiger charge is 2.16. The SMILES string of the molecule is CC[C@@H](C)c1nc2ccc(Br)cc2c(=O)n1N=Cc1cc(Br)ccc1OCc1ccc(C(=O)O)cc1. The molecule has 0 spiro atoms. The zero-order chi connectivity index (χ0) is 25.8. The second-order valence-corrected chi connectivity index (χ2v) is 10.1. The van der Waals surface area contributed by atoms with Gasteiger partial charge in [-0.25, -0.2) is 9.78 Å². The van der Waals surface area contributed by atoms with Gasteiger partial charge in [0.25, 0.3) is 5.56 Å². The molecule has 7 nitrogen and oxygen atoms in total. The number of ether oxygens (including phenoxy) is 1. The van der Waals surface area contributed by atoms with E-state index in [4.69, 9.17) is 14.8 Å². The van der Waals surface area contributed by atoms with Crippen LogP contribution in [0, 0.1) is 0 Å². The van der Waals surface area contributed by atoms with Crippen molar-refractivity contribution in [2.24, 2.45) is 5.10 Å². The van der Waals surface area contributed by atoms with Crippen LogP contribution in [0.5, 0.6) is 5.75 Å². The summed E-state index contributed by atoms with van der Waals surface area (Å²) in [5, 5.41) is 14.1. The van der Waals surface area contributed by atoms with E-state index in [0.717, 1.165) is 20.9 Å². The number of carbonyl (C=O) groups is 1. The lowest BCUT2D eigenvalue weighted by molar-refractivity contribution is 0.0697. The molecule has 0 fully saturated rings. The minimum Gasteiger partial charge on any atom is -0.488 e. The van der Waals surface area contributed by atoms with Gasteiger partial charge in [0, 0.05) is 20.4 Å². The Morgan fingerprint density at radius 2 is 1.81 bits per heavy atom. The first-order valence-corrected chi connectivity index (χ1v) is 12.9. The van der Waals surface area contributed by atoms with Crippen LogP contribution in [-0.2, 0) is 6.61 Å². The van der Waals surface area contributed by atoms with Crippen molar-refractivity contribution in [1.29, 1.82) is 0 Å². The molecule has 1 atom stereocenters. The molecule has 0 radical (unpaired) electrons. The second-order valence-electron chi connectivity index (χ2n) is 8.28. The molecule has 3 aromatic carbocycles. The first-order valence-electron chi connectivity index (χ1n) is 11.3. The summed E-state index contributed by atoms with van der Waals surface area (Å²) < 4.78 is 8.99. The van der Waals surface area contributed by atoms with E-state index in [-0.39, 0.29) is 23.6 Å². The fourth-order valence-corrected chi connectivity index (χ4v) is 4.30. The number of carboxylic acids is 1. The van der Waals surface area contributed by atoms with Crippen LogP contribution < -0.4 is 10.3 Å². The van der Waals surface area contributed by atoms with Crippen molar-refractivity contribution in [3.8, 4) is 5.75 Å². The molecular formula is C27H23Br2N3O4. The van der Waals surface area contributed by atoms with Gasteiger partial charge in [-0.05, 0) is 60.5 Å². The van der Waals surface area contributed by atoms with E-state index in [1.807, 2.05) is 44.2 Å². The number of aromatic nitrogens is 2. The Kier molecular flexibility index (Phi) is 8.01. The Hall–Kier alpha value is -3.30. The number of fused-ring (bicyclic) bond motifs is 1. The van der Waals surface area contributed by atoms with Crippen molar-refractivity contribution in [2.75, 3.05) is 0 Å². The number of aromatic carboxylic acids is 1. The standard InChI is InChI=1S/C27H23Br2N3O4/c1-3-16(2)25-31-23-10-8-21(29)13-22(23)26(33)32(25)30-14-19-12-20(28)9-11-24(19)36-15-17-4-6-18(7-5-17)27(34)35/h4-14,16H,3,15H2,1-2H3,(H,34,35)/t16-/m1/s1. The molecule has 1 aromatic heterocycles. The number of hydrogen-bond acceptors (Lipinski definition) is 5. The third-order valence-electron chi connectivity index (χ3n) is 5.77. The Morgan fingerprint density at radius 1 is 1.11 bits per heavy atom. The summed E-state index contributed by atoms with van der Waals surface area (Å²) in [4.78, 5) is 29.2. The average molecular weight is 613 g/mol. The van der Waals surface area contributed by atoms with Gasteiger partial charge in [0.1, 0.15) is 18.2 Å². The maximum Gasteiger partial charge on any atom is 0.335 e. The van der Waals surface area contributed by atoms with Crippen molar-refractivity contribution in [2.45, 2.75) is 32.8 Å². The monoisotopic (exact) mass is 611 g/mol. The Bertz CT molecular complexity index is 1510. The van der Waals surface area contributed by atoms with Crippen LogP contribution in [0.25, 0.3) is 10.9 Å². The van der Waals surface area contributed by atoms with Gasteiger partial charge in [-0.15, -0.1) is 0 Å². The first kappa shape index (κ1) is 25.8. The van der Waals surface area contributed by atoms with E-state index in [2.05, 4.69) is 37.0 Å². The van der Waals surface area contributed by atoms with Gasteiger partial charge < -0.3 is 9.84 Å².